The van der Waals surface area contributed by atoms with Crippen molar-refractivity contribution in [1.82, 2.24) is 10.6 Å². The Balaban J connectivity index is 1.35. The number of amides is 1. The molecule has 2 atom stereocenters. The maximum absolute atomic E-state index is 13.9. The minimum Gasteiger partial charge on any atom is -0.365 e. The number of para-hydroxylation sites is 1. The first-order chi connectivity index (χ1) is 11.6. The number of anilines is 1. The van der Waals surface area contributed by atoms with Crippen LogP contribution in [-0.4, -0.2) is 38.1 Å². The van der Waals surface area contributed by atoms with E-state index in [0.29, 0.717) is 13.1 Å². The Morgan fingerprint density at radius 3 is 2.67 bits per heavy atom. The fourth-order valence-electron chi connectivity index (χ4n) is 4.37. The molecule has 3 aliphatic rings. The van der Waals surface area contributed by atoms with Gasteiger partial charge in [-0.15, -0.1) is 0 Å². The standard InChI is InChI=1S/C18H23F2N3O/c19-14-2-1-3-15(20)16(14)23-9-4-12(11-23)22-17(24)13-10-18(13)5-7-21-8-6-18/h1-3,12-13,21H,4-11H2,(H,22,24). The highest BCUT2D eigenvalue weighted by atomic mass is 19.1. The summed E-state index contributed by atoms with van der Waals surface area (Å²) >= 11 is 0. The molecule has 1 aliphatic carbocycles. The summed E-state index contributed by atoms with van der Waals surface area (Å²) in [6, 6.07) is 3.88. The van der Waals surface area contributed by atoms with E-state index in [9.17, 15) is 13.6 Å². The molecule has 4 rings (SSSR count). The fourth-order valence-corrected chi connectivity index (χ4v) is 4.37. The third-order valence-electron chi connectivity index (χ3n) is 5.89. The lowest BCUT2D eigenvalue weighted by Crippen LogP contribution is -2.40. The second kappa shape index (κ2) is 5.99. The fraction of sp³-hybridized carbons (Fsp3) is 0.611. The molecule has 1 saturated carbocycles. The third-order valence-corrected chi connectivity index (χ3v) is 5.89. The number of nitrogens with one attached hydrogen (secondary N) is 2. The Morgan fingerprint density at radius 2 is 1.96 bits per heavy atom. The summed E-state index contributed by atoms with van der Waals surface area (Å²) in [4.78, 5) is 14.2. The van der Waals surface area contributed by atoms with Crippen LogP contribution in [0.4, 0.5) is 14.5 Å². The van der Waals surface area contributed by atoms with Crippen LogP contribution in [0.3, 0.4) is 0 Å². The SMILES string of the molecule is O=C(NC1CCN(c2c(F)cccc2F)C1)C1CC12CCNCC2. The van der Waals surface area contributed by atoms with Gasteiger partial charge in [0.05, 0.1) is 0 Å². The first kappa shape index (κ1) is 15.8. The number of carbonyl (C=O) groups excluding carboxylic acids is 1. The lowest BCUT2D eigenvalue weighted by atomic mass is 9.91. The minimum atomic E-state index is -0.544. The summed E-state index contributed by atoms with van der Waals surface area (Å²) in [7, 11) is 0. The summed E-state index contributed by atoms with van der Waals surface area (Å²) in [5, 5.41) is 6.44. The maximum atomic E-state index is 13.9. The predicted octanol–water partition coefficient (Wildman–Crippen LogP) is 2.05. The van der Waals surface area contributed by atoms with E-state index in [1.54, 1.807) is 4.90 Å². The van der Waals surface area contributed by atoms with Crippen LogP contribution >= 0.6 is 0 Å². The zero-order valence-electron chi connectivity index (χ0n) is 13.7. The Kier molecular flexibility index (Phi) is 3.95. The van der Waals surface area contributed by atoms with Crippen LogP contribution < -0.4 is 15.5 Å². The molecule has 130 valence electrons. The number of halogens is 2. The van der Waals surface area contributed by atoms with Crippen molar-refractivity contribution in [3.8, 4) is 0 Å². The number of piperidine rings is 1. The van der Waals surface area contributed by atoms with Gasteiger partial charge in [0.2, 0.25) is 5.91 Å². The van der Waals surface area contributed by atoms with Gasteiger partial charge in [0.25, 0.3) is 0 Å². The summed E-state index contributed by atoms with van der Waals surface area (Å²) in [6.07, 6.45) is 3.85. The van der Waals surface area contributed by atoms with Crippen molar-refractivity contribution in [2.45, 2.75) is 31.7 Å². The largest absolute Gasteiger partial charge is 0.365 e. The molecule has 0 radical (unpaired) electrons. The van der Waals surface area contributed by atoms with E-state index in [1.807, 2.05) is 0 Å². The van der Waals surface area contributed by atoms with Gasteiger partial charge >= 0.3 is 0 Å². The summed E-state index contributed by atoms with van der Waals surface area (Å²) in [6.45, 7) is 3.01. The zero-order chi connectivity index (χ0) is 16.7. The highest BCUT2D eigenvalue weighted by Crippen LogP contribution is 2.58. The van der Waals surface area contributed by atoms with E-state index in [4.69, 9.17) is 0 Å². The molecule has 1 amide bonds. The van der Waals surface area contributed by atoms with Crippen molar-refractivity contribution in [3.05, 3.63) is 29.8 Å². The highest BCUT2D eigenvalue weighted by molar-refractivity contribution is 5.83. The van der Waals surface area contributed by atoms with Gasteiger partial charge in [-0.25, -0.2) is 8.78 Å². The molecule has 0 aromatic heterocycles. The number of nitrogens with zero attached hydrogens (tertiary/aromatic N) is 1. The molecule has 1 spiro atoms. The number of rotatable bonds is 3. The molecule has 2 aliphatic heterocycles. The van der Waals surface area contributed by atoms with Crippen LogP contribution in [0.5, 0.6) is 0 Å². The average Bonchev–Trinajstić information content (AvgIpc) is 3.05. The van der Waals surface area contributed by atoms with Crippen LogP contribution in [0.25, 0.3) is 0 Å². The van der Waals surface area contributed by atoms with Crippen LogP contribution in [0.15, 0.2) is 18.2 Å². The molecule has 2 saturated heterocycles. The van der Waals surface area contributed by atoms with Crippen LogP contribution in [0.2, 0.25) is 0 Å². The van der Waals surface area contributed by atoms with Gasteiger partial charge in [-0.3, -0.25) is 4.79 Å². The van der Waals surface area contributed by atoms with Crippen molar-refractivity contribution < 1.29 is 13.6 Å². The van der Waals surface area contributed by atoms with Crippen LogP contribution in [-0.2, 0) is 4.79 Å². The second-order valence-corrected chi connectivity index (χ2v) is 7.38. The molecule has 24 heavy (non-hydrogen) atoms. The molecule has 2 heterocycles. The topological polar surface area (TPSA) is 44.4 Å². The van der Waals surface area contributed by atoms with E-state index in [0.717, 1.165) is 38.8 Å². The lowest BCUT2D eigenvalue weighted by molar-refractivity contribution is -0.123. The first-order valence-electron chi connectivity index (χ1n) is 8.79. The first-order valence-corrected chi connectivity index (χ1v) is 8.79. The molecule has 4 nitrogen and oxygen atoms in total. The van der Waals surface area contributed by atoms with Gasteiger partial charge in [-0.05, 0) is 56.3 Å². The van der Waals surface area contributed by atoms with Gasteiger partial charge in [-0.2, -0.15) is 0 Å². The van der Waals surface area contributed by atoms with E-state index < -0.39 is 11.6 Å². The number of benzene rings is 1. The van der Waals surface area contributed by atoms with Crippen molar-refractivity contribution in [2.24, 2.45) is 11.3 Å². The van der Waals surface area contributed by atoms with Crippen molar-refractivity contribution >= 4 is 11.6 Å². The highest BCUT2D eigenvalue weighted by Gasteiger charge is 2.57. The second-order valence-electron chi connectivity index (χ2n) is 7.38. The molecule has 0 bridgehead atoms. The zero-order valence-corrected chi connectivity index (χ0v) is 13.7. The van der Waals surface area contributed by atoms with E-state index in [-0.39, 0.29) is 29.0 Å². The van der Waals surface area contributed by atoms with Crippen molar-refractivity contribution in [1.29, 1.82) is 0 Å². The smallest absolute Gasteiger partial charge is 0.223 e. The van der Waals surface area contributed by atoms with Crippen molar-refractivity contribution in [2.75, 3.05) is 31.1 Å². The molecule has 1 aromatic rings. The lowest BCUT2D eigenvalue weighted by Gasteiger charge is -2.24. The molecule has 6 heteroatoms. The summed E-state index contributed by atoms with van der Waals surface area (Å²) in [5.74, 6) is -0.841. The average molecular weight is 335 g/mol. The summed E-state index contributed by atoms with van der Waals surface area (Å²) < 4.78 is 27.8. The third kappa shape index (κ3) is 2.77. The molecule has 1 aromatic carbocycles. The Labute approximate surface area is 140 Å². The Bertz CT molecular complexity index is 625. The number of carbonyl (C=O) groups is 1. The molecular weight excluding hydrogens is 312 g/mol. The number of hydrogen-bond acceptors (Lipinski definition) is 3. The van der Waals surface area contributed by atoms with E-state index in [1.165, 1.54) is 18.2 Å². The maximum Gasteiger partial charge on any atom is 0.223 e. The minimum absolute atomic E-state index is 0.0236. The Morgan fingerprint density at radius 1 is 1.25 bits per heavy atom. The van der Waals surface area contributed by atoms with Gasteiger partial charge < -0.3 is 15.5 Å². The predicted molar refractivity (Wildman–Crippen MR) is 87.8 cm³/mol. The van der Waals surface area contributed by atoms with Gasteiger partial charge in [0.15, 0.2) is 0 Å². The Hall–Kier alpha value is -1.69. The monoisotopic (exact) mass is 335 g/mol. The van der Waals surface area contributed by atoms with E-state index in [2.05, 4.69) is 10.6 Å². The number of hydrogen-bond donors (Lipinski definition) is 2. The van der Waals surface area contributed by atoms with E-state index >= 15 is 0 Å². The van der Waals surface area contributed by atoms with Gasteiger partial charge in [0.1, 0.15) is 17.3 Å². The molecular formula is C18H23F2N3O. The summed E-state index contributed by atoms with van der Waals surface area (Å²) in [5.41, 5.74) is 0.237. The molecule has 2 unspecified atom stereocenters. The molecule has 2 N–H and O–H groups in total. The quantitative estimate of drug-likeness (QED) is 0.889. The van der Waals surface area contributed by atoms with Crippen molar-refractivity contribution in [3.63, 3.8) is 0 Å². The van der Waals surface area contributed by atoms with Crippen LogP contribution in [0.1, 0.15) is 25.7 Å². The van der Waals surface area contributed by atoms with Gasteiger partial charge in [-0.1, -0.05) is 6.07 Å². The molecule has 3 fully saturated rings. The normalized spacial score (nSPS) is 28.2. The van der Waals surface area contributed by atoms with Crippen LogP contribution in [0, 0.1) is 23.0 Å². The van der Waals surface area contributed by atoms with Gasteiger partial charge in [0, 0.05) is 25.0 Å².